The van der Waals surface area contributed by atoms with Crippen molar-refractivity contribution in [2.24, 2.45) is 0 Å². The number of hydrogen-bond acceptors (Lipinski definition) is 1. The maximum absolute atomic E-state index is 2.39. The minimum absolute atomic E-state index is 0. The first kappa shape index (κ1) is 8.56. The summed E-state index contributed by atoms with van der Waals surface area (Å²) in [5, 5.41) is 0. The topological polar surface area (TPSA) is 3.24 Å². The summed E-state index contributed by atoms with van der Waals surface area (Å²) >= 11 is 0. The van der Waals surface area contributed by atoms with E-state index in [0.717, 1.165) is 0 Å². The number of piperidine rings is 1. The van der Waals surface area contributed by atoms with E-state index in [1.807, 2.05) is 0 Å². The Morgan fingerprint density at radius 3 is 1.75 bits per heavy atom. The second kappa shape index (κ2) is 4.44. The van der Waals surface area contributed by atoms with Crippen molar-refractivity contribution in [1.29, 1.82) is 0 Å². The van der Waals surface area contributed by atoms with Crippen molar-refractivity contribution in [1.82, 2.24) is 4.90 Å². The Morgan fingerprint density at radius 1 is 1.00 bits per heavy atom. The molecule has 1 nitrogen and oxygen atoms in total. The van der Waals surface area contributed by atoms with Gasteiger partial charge in [0.15, 0.2) is 0 Å². The van der Waals surface area contributed by atoms with Crippen molar-refractivity contribution in [2.45, 2.75) is 19.3 Å². The second-order valence-corrected chi connectivity index (χ2v) is 2.36. The average molecular weight is 106 g/mol. The molecule has 0 aromatic carbocycles. The van der Waals surface area contributed by atoms with Gasteiger partial charge in [0.1, 0.15) is 0 Å². The van der Waals surface area contributed by atoms with E-state index in [9.17, 15) is 0 Å². The summed E-state index contributed by atoms with van der Waals surface area (Å²) in [6.45, 7) is 2.64. The molecule has 1 radical (unpaired) electrons. The van der Waals surface area contributed by atoms with Crippen LogP contribution in [-0.4, -0.2) is 43.9 Å². The predicted molar refractivity (Wildman–Crippen MR) is 37.1 cm³/mol. The molecule has 1 aliphatic heterocycles. The maximum atomic E-state index is 2.39. The molecule has 0 atom stereocenters. The van der Waals surface area contributed by atoms with Gasteiger partial charge in [0, 0.05) is 18.9 Å². The van der Waals surface area contributed by atoms with Crippen LogP contribution in [0.3, 0.4) is 0 Å². The van der Waals surface area contributed by atoms with Gasteiger partial charge in [-0.3, -0.25) is 0 Å². The molecule has 0 saturated carbocycles. The van der Waals surface area contributed by atoms with Crippen LogP contribution in [0.4, 0.5) is 0 Å². The Labute approximate surface area is 63.6 Å². The van der Waals surface area contributed by atoms with Crippen LogP contribution >= 0.6 is 0 Å². The maximum Gasteiger partial charge on any atom is 0 e. The van der Waals surface area contributed by atoms with E-state index in [4.69, 9.17) is 0 Å². The molecular formula is C6H13LiN. The van der Waals surface area contributed by atoms with E-state index < -0.39 is 0 Å². The van der Waals surface area contributed by atoms with Gasteiger partial charge >= 0.3 is 0 Å². The first-order chi connectivity index (χ1) is 3.39. The van der Waals surface area contributed by atoms with E-state index in [1.54, 1.807) is 0 Å². The summed E-state index contributed by atoms with van der Waals surface area (Å²) < 4.78 is 0. The van der Waals surface area contributed by atoms with Crippen LogP contribution in [0.15, 0.2) is 0 Å². The zero-order valence-corrected chi connectivity index (χ0v) is 5.98. The predicted octanol–water partition coefficient (Wildman–Crippen LogP) is 0.721. The molecule has 0 N–H and O–H groups in total. The van der Waals surface area contributed by atoms with Crippen molar-refractivity contribution in [3.05, 3.63) is 0 Å². The molecule has 0 aliphatic carbocycles. The van der Waals surface area contributed by atoms with Crippen molar-refractivity contribution < 1.29 is 0 Å². The summed E-state index contributed by atoms with van der Waals surface area (Å²) in [6, 6.07) is 0. The smallest absolute Gasteiger partial charge is 0 e. The summed E-state index contributed by atoms with van der Waals surface area (Å²) in [4.78, 5) is 2.39. The van der Waals surface area contributed by atoms with Gasteiger partial charge in [-0.05, 0) is 33.0 Å². The van der Waals surface area contributed by atoms with Crippen LogP contribution in [-0.2, 0) is 0 Å². The van der Waals surface area contributed by atoms with Crippen LogP contribution < -0.4 is 0 Å². The largest absolute Gasteiger partial charge is 0.306 e. The molecule has 2 heteroatoms. The summed E-state index contributed by atoms with van der Waals surface area (Å²) in [7, 11) is 2.19. The minimum atomic E-state index is 0. The standard InChI is InChI=1S/C6H13N.Li/c1-7-5-3-2-4-6-7;/h2-6H2,1H3;. The molecule has 1 saturated heterocycles. The summed E-state index contributed by atoms with van der Waals surface area (Å²) in [5.74, 6) is 0. The molecule has 0 aromatic heterocycles. The third kappa shape index (κ3) is 2.77. The molecule has 43 valence electrons. The van der Waals surface area contributed by atoms with Gasteiger partial charge in [0.05, 0.1) is 0 Å². The normalized spacial score (nSPS) is 22.1. The van der Waals surface area contributed by atoms with Crippen LogP contribution in [0.1, 0.15) is 19.3 Å². The van der Waals surface area contributed by atoms with Crippen molar-refractivity contribution >= 4 is 18.9 Å². The number of rotatable bonds is 0. The van der Waals surface area contributed by atoms with Crippen LogP contribution in [0.2, 0.25) is 0 Å². The molecule has 1 rings (SSSR count). The van der Waals surface area contributed by atoms with E-state index in [2.05, 4.69) is 11.9 Å². The van der Waals surface area contributed by atoms with Crippen LogP contribution in [0, 0.1) is 0 Å². The Hall–Kier alpha value is 0.557. The Bertz CT molecular complexity index is 50.5. The summed E-state index contributed by atoms with van der Waals surface area (Å²) in [6.07, 6.45) is 4.28. The van der Waals surface area contributed by atoms with Crippen molar-refractivity contribution in [3.8, 4) is 0 Å². The fourth-order valence-electron chi connectivity index (χ4n) is 1.05. The van der Waals surface area contributed by atoms with Crippen LogP contribution in [0.25, 0.3) is 0 Å². The molecule has 0 bridgehead atoms. The quantitative estimate of drug-likeness (QED) is 0.411. The van der Waals surface area contributed by atoms with E-state index in [1.165, 1.54) is 32.4 Å². The Morgan fingerprint density at radius 2 is 1.50 bits per heavy atom. The number of hydrogen-bond donors (Lipinski definition) is 0. The monoisotopic (exact) mass is 106 g/mol. The first-order valence-corrected chi connectivity index (χ1v) is 3.08. The van der Waals surface area contributed by atoms with Crippen molar-refractivity contribution in [2.75, 3.05) is 20.1 Å². The average Bonchev–Trinajstić information content (AvgIpc) is 1.69. The third-order valence-electron chi connectivity index (χ3n) is 1.58. The second-order valence-electron chi connectivity index (χ2n) is 2.36. The SMILES string of the molecule is CN1CCCCC1.[Li]. The Kier molecular flexibility index (Phi) is 4.75. The van der Waals surface area contributed by atoms with E-state index in [-0.39, 0.29) is 18.9 Å². The zero-order chi connectivity index (χ0) is 5.11. The molecule has 1 fully saturated rings. The minimum Gasteiger partial charge on any atom is -0.306 e. The van der Waals surface area contributed by atoms with Gasteiger partial charge in [-0.25, -0.2) is 0 Å². The molecule has 0 aromatic rings. The molecule has 1 aliphatic rings. The van der Waals surface area contributed by atoms with E-state index >= 15 is 0 Å². The van der Waals surface area contributed by atoms with Gasteiger partial charge in [-0.2, -0.15) is 0 Å². The third-order valence-corrected chi connectivity index (χ3v) is 1.58. The zero-order valence-electron chi connectivity index (χ0n) is 5.98. The molecule has 8 heavy (non-hydrogen) atoms. The first-order valence-electron chi connectivity index (χ1n) is 3.08. The van der Waals surface area contributed by atoms with Crippen LogP contribution in [0.5, 0.6) is 0 Å². The van der Waals surface area contributed by atoms with Gasteiger partial charge < -0.3 is 4.90 Å². The van der Waals surface area contributed by atoms with Crippen molar-refractivity contribution in [3.63, 3.8) is 0 Å². The molecular weight excluding hydrogens is 93.0 g/mol. The summed E-state index contributed by atoms with van der Waals surface area (Å²) in [5.41, 5.74) is 0. The molecule has 1 heterocycles. The fourth-order valence-corrected chi connectivity index (χ4v) is 1.05. The van der Waals surface area contributed by atoms with E-state index in [0.29, 0.717) is 0 Å². The number of nitrogens with zero attached hydrogens (tertiary/aromatic N) is 1. The van der Waals surface area contributed by atoms with Gasteiger partial charge in [-0.1, -0.05) is 6.42 Å². The molecule has 0 spiro atoms. The van der Waals surface area contributed by atoms with Gasteiger partial charge in [0.25, 0.3) is 0 Å². The molecule has 0 amide bonds. The number of likely N-dealkylation sites (tertiary alicyclic amines) is 1. The molecule has 0 unspecified atom stereocenters. The van der Waals surface area contributed by atoms with Gasteiger partial charge in [0.2, 0.25) is 0 Å². The fraction of sp³-hybridized carbons (Fsp3) is 1.00. The van der Waals surface area contributed by atoms with Gasteiger partial charge in [-0.15, -0.1) is 0 Å². The Balaban J connectivity index is 0.000000490.